The van der Waals surface area contributed by atoms with E-state index < -0.39 is 20.8 Å². The molecule has 0 aromatic carbocycles. The molecule has 0 aliphatic carbocycles. The van der Waals surface area contributed by atoms with E-state index in [1.54, 1.807) is 0 Å². The van der Waals surface area contributed by atoms with Crippen LogP contribution in [0.15, 0.2) is 0 Å². The first-order chi connectivity index (χ1) is 13.1. The van der Waals surface area contributed by atoms with Crippen LogP contribution in [-0.2, 0) is 10.0 Å². The Morgan fingerprint density at radius 3 is 1.16 bits per heavy atom. The minimum atomic E-state index is -3.59. The van der Waals surface area contributed by atoms with E-state index in [0.29, 0.717) is 0 Å². The first-order valence-electron chi connectivity index (χ1n) is 12.2. The Balaban J connectivity index is 4.62. The molecule has 0 amide bonds. The van der Waals surface area contributed by atoms with Gasteiger partial charge < -0.3 is 0 Å². The lowest BCUT2D eigenvalue weighted by molar-refractivity contribution is -0.239. The molecule has 3 nitrogen and oxygen atoms in total. The van der Waals surface area contributed by atoms with E-state index in [2.05, 4.69) is 122 Å². The zero-order valence-corrected chi connectivity index (χ0v) is 24.8. The van der Waals surface area contributed by atoms with Crippen LogP contribution in [0.25, 0.3) is 0 Å². The average molecular weight is 458 g/mol. The van der Waals surface area contributed by atoms with Crippen molar-refractivity contribution in [2.24, 2.45) is 44.3 Å². The molecule has 0 spiro atoms. The molecule has 186 valence electrons. The van der Waals surface area contributed by atoms with Gasteiger partial charge in [0.1, 0.15) is 0 Å². The average Bonchev–Trinajstić information content (AvgIpc) is 2.37. The molecule has 1 aliphatic rings. The summed E-state index contributed by atoms with van der Waals surface area (Å²) >= 11 is 0. The van der Waals surface area contributed by atoms with Crippen LogP contribution in [-0.4, -0.2) is 19.2 Å². The quantitative estimate of drug-likeness (QED) is 0.442. The summed E-state index contributed by atoms with van der Waals surface area (Å²) in [5.41, 5.74) is -2.32. The molecule has 1 N–H and O–H groups in total. The summed E-state index contributed by atoms with van der Waals surface area (Å²) in [5, 5.41) is -0.476. The summed E-state index contributed by atoms with van der Waals surface area (Å²) in [6.07, 6.45) is 0. The van der Waals surface area contributed by atoms with E-state index >= 15 is 0 Å². The van der Waals surface area contributed by atoms with Gasteiger partial charge in [-0.1, -0.05) is 118 Å². The molecular weight excluding hydrogens is 402 g/mol. The van der Waals surface area contributed by atoms with Gasteiger partial charge in [-0.3, -0.25) is 0 Å². The Hall–Kier alpha value is -0.0900. The molecule has 0 bridgehead atoms. The van der Waals surface area contributed by atoms with Crippen LogP contribution in [0.4, 0.5) is 0 Å². The fourth-order valence-corrected chi connectivity index (χ4v) is 11.9. The zero-order chi connectivity index (χ0) is 25.4. The summed E-state index contributed by atoms with van der Waals surface area (Å²) in [6, 6.07) is 0. The van der Waals surface area contributed by atoms with Gasteiger partial charge in [0.15, 0.2) is 0 Å². The highest BCUT2D eigenvalue weighted by Crippen LogP contribution is 2.74. The van der Waals surface area contributed by atoms with Gasteiger partial charge >= 0.3 is 0 Å². The number of sulfonamides is 1. The second kappa shape index (κ2) is 7.45. The van der Waals surface area contributed by atoms with Gasteiger partial charge in [-0.05, 0) is 38.9 Å². The zero-order valence-electron chi connectivity index (χ0n) is 24.0. The van der Waals surface area contributed by atoms with E-state index in [0.717, 1.165) is 0 Å². The summed E-state index contributed by atoms with van der Waals surface area (Å²) < 4.78 is 32.1. The minimum absolute atomic E-state index is 0.0165. The van der Waals surface area contributed by atoms with Gasteiger partial charge in [0.05, 0.1) is 5.25 Å². The van der Waals surface area contributed by atoms with E-state index in [-0.39, 0.29) is 44.3 Å². The molecule has 2 unspecified atom stereocenters. The maximum absolute atomic E-state index is 14.3. The third-order valence-corrected chi connectivity index (χ3v) is 10.5. The Morgan fingerprint density at radius 2 is 0.968 bits per heavy atom. The lowest BCUT2D eigenvalue weighted by atomic mass is 9.32. The van der Waals surface area contributed by atoms with Crippen molar-refractivity contribution in [1.82, 2.24) is 4.72 Å². The molecule has 0 radical (unpaired) electrons. The van der Waals surface area contributed by atoms with Gasteiger partial charge in [-0.25, -0.2) is 13.1 Å². The second-order valence-electron chi connectivity index (χ2n) is 15.8. The van der Waals surface area contributed by atoms with Crippen LogP contribution in [0, 0.1) is 44.3 Å². The molecule has 1 fully saturated rings. The third-order valence-electron chi connectivity index (χ3n) is 8.24. The Kier molecular flexibility index (Phi) is 6.96. The third kappa shape index (κ3) is 3.94. The largest absolute Gasteiger partial charge is 0.215 e. The molecule has 1 rings (SSSR count). The highest BCUT2D eigenvalue weighted by atomic mass is 32.2. The van der Waals surface area contributed by atoms with Crippen molar-refractivity contribution in [3.63, 3.8) is 0 Å². The Labute approximate surface area is 196 Å². The summed E-state index contributed by atoms with van der Waals surface area (Å²) in [5.74, 6) is 0.195. The summed E-state index contributed by atoms with van der Waals surface area (Å²) in [7, 11) is -3.59. The highest BCUT2D eigenvalue weighted by Gasteiger charge is 2.78. The topological polar surface area (TPSA) is 46.2 Å². The van der Waals surface area contributed by atoms with Gasteiger partial charge in [0.25, 0.3) is 0 Å². The van der Waals surface area contributed by atoms with Gasteiger partial charge in [-0.15, -0.1) is 0 Å². The molecule has 4 heteroatoms. The van der Waals surface area contributed by atoms with Crippen LogP contribution in [0.2, 0.25) is 0 Å². The van der Waals surface area contributed by atoms with Crippen molar-refractivity contribution < 1.29 is 8.42 Å². The van der Waals surface area contributed by atoms with Crippen molar-refractivity contribution in [2.75, 3.05) is 0 Å². The molecular formula is C27H55NO2S. The molecule has 31 heavy (non-hydrogen) atoms. The lowest BCUT2D eigenvalue weighted by Gasteiger charge is -2.78. The summed E-state index contributed by atoms with van der Waals surface area (Å²) in [4.78, 5) is 0. The standard InChI is InChI=1S/C27H55NO2S/c1-18(2)19-20(21(3,4)5)31(29,30)28-27(24(12,13)14,25(15,16)17)26(19,22(6,7)8)23(9,10)11/h18-20,28H,1-17H3. The fraction of sp³-hybridized carbons (Fsp3) is 1.00. The van der Waals surface area contributed by atoms with Crippen molar-refractivity contribution in [2.45, 2.75) is 128 Å². The number of rotatable bonds is 1. The van der Waals surface area contributed by atoms with Crippen LogP contribution in [0.3, 0.4) is 0 Å². The smallest absolute Gasteiger partial charge is 0.212 e. The highest BCUT2D eigenvalue weighted by molar-refractivity contribution is 7.90. The maximum atomic E-state index is 14.3. The van der Waals surface area contributed by atoms with Crippen molar-refractivity contribution in [3.8, 4) is 0 Å². The number of hydrogen-bond acceptors (Lipinski definition) is 2. The van der Waals surface area contributed by atoms with Crippen LogP contribution in [0.5, 0.6) is 0 Å². The normalized spacial score (nSPS) is 27.4. The van der Waals surface area contributed by atoms with Crippen molar-refractivity contribution >= 4 is 10.0 Å². The van der Waals surface area contributed by atoms with E-state index in [1.807, 2.05) is 0 Å². The van der Waals surface area contributed by atoms with Crippen LogP contribution < -0.4 is 4.72 Å². The summed E-state index contributed by atoms with van der Waals surface area (Å²) in [6.45, 7) is 38.3. The van der Waals surface area contributed by atoms with E-state index in [4.69, 9.17) is 0 Å². The molecule has 1 saturated heterocycles. The maximum Gasteiger partial charge on any atom is 0.215 e. The predicted molar refractivity (Wildman–Crippen MR) is 137 cm³/mol. The molecule has 2 atom stereocenters. The first kappa shape index (κ1) is 28.9. The minimum Gasteiger partial charge on any atom is -0.212 e. The van der Waals surface area contributed by atoms with Crippen molar-refractivity contribution in [1.29, 1.82) is 0 Å². The SMILES string of the molecule is CC(C)C1C(C(C)(C)C)S(=O)(=O)NC(C(C)(C)C)(C(C)(C)C)C1(C(C)(C)C)C(C)(C)C. The number of nitrogens with one attached hydrogen (secondary N) is 1. The molecule has 0 aromatic heterocycles. The monoisotopic (exact) mass is 457 g/mol. The van der Waals surface area contributed by atoms with Gasteiger partial charge in [0, 0.05) is 11.0 Å². The molecule has 0 saturated carbocycles. The second-order valence-corrected chi connectivity index (χ2v) is 17.6. The molecule has 1 aliphatic heterocycles. The number of hydrogen-bond donors (Lipinski definition) is 1. The van der Waals surface area contributed by atoms with E-state index in [1.165, 1.54) is 0 Å². The van der Waals surface area contributed by atoms with Gasteiger partial charge in [0.2, 0.25) is 10.0 Å². The molecule has 1 heterocycles. The van der Waals surface area contributed by atoms with E-state index in [9.17, 15) is 8.42 Å². The Bertz CT molecular complexity index is 729. The lowest BCUT2D eigenvalue weighted by Crippen LogP contribution is -2.86. The van der Waals surface area contributed by atoms with Gasteiger partial charge in [-0.2, -0.15) is 0 Å². The fourth-order valence-electron chi connectivity index (χ4n) is 8.75. The van der Waals surface area contributed by atoms with Crippen molar-refractivity contribution in [3.05, 3.63) is 0 Å². The molecule has 0 aromatic rings. The first-order valence-corrected chi connectivity index (χ1v) is 13.7. The Morgan fingerprint density at radius 1 is 0.645 bits per heavy atom. The predicted octanol–water partition coefficient (Wildman–Crippen LogP) is 7.52. The van der Waals surface area contributed by atoms with Crippen LogP contribution >= 0.6 is 0 Å². The van der Waals surface area contributed by atoms with Crippen LogP contribution in [0.1, 0.15) is 118 Å².